The van der Waals surface area contributed by atoms with E-state index in [9.17, 15) is 9.59 Å². The number of carbonyl (C=O) groups excluding carboxylic acids is 2. The molecule has 0 saturated carbocycles. The van der Waals surface area contributed by atoms with Gasteiger partial charge in [-0.05, 0) is 61.0 Å². The van der Waals surface area contributed by atoms with E-state index in [1.54, 1.807) is 36.4 Å². The number of fused-ring (bicyclic) bond motifs is 1. The number of aryl methyl sites for hydroxylation is 1. The van der Waals surface area contributed by atoms with E-state index in [2.05, 4.69) is 15.4 Å². The smallest absolute Gasteiger partial charge is 0.264 e. The third-order valence-electron chi connectivity index (χ3n) is 6.58. The number of hydrogen-bond donors (Lipinski definition) is 1. The molecular formula is C31H30N4O7S. The molecule has 0 fully saturated rings. The molecule has 0 unspecified atom stereocenters. The lowest BCUT2D eigenvalue weighted by molar-refractivity contribution is -0.118. The van der Waals surface area contributed by atoms with Crippen molar-refractivity contribution in [3.8, 4) is 51.3 Å². The lowest BCUT2D eigenvalue weighted by atomic mass is 10.1. The van der Waals surface area contributed by atoms with E-state index in [1.165, 1.54) is 51.4 Å². The largest absolute Gasteiger partial charge is 0.493 e. The van der Waals surface area contributed by atoms with Crippen LogP contribution in [0, 0.1) is 6.92 Å². The maximum Gasteiger partial charge on any atom is 0.264 e. The summed E-state index contributed by atoms with van der Waals surface area (Å²) in [5, 5.41) is 7.83. The Hall–Kier alpha value is -5.10. The summed E-state index contributed by atoms with van der Waals surface area (Å²) in [5.41, 5.74) is 4.21. The number of rotatable bonds is 10. The number of amides is 1. The Morgan fingerprint density at radius 2 is 1.53 bits per heavy atom. The van der Waals surface area contributed by atoms with Crippen molar-refractivity contribution in [1.82, 2.24) is 14.8 Å². The van der Waals surface area contributed by atoms with Gasteiger partial charge in [0.15, 0.2) is 34.7 Å². The second-order valence-corrected chi connectivity index (χ2v) is 10.5. The van der Waals surface area contributed by atoms with E-state index >= 15 is 0 Å². The van der Waals surface area contributed by atoms with Gasteiger partial charge >= 0.3 is 0 Å². The number of carbonyl (C=O) groups is 2. The highest BCUT2D eigenvalue weighted by molar-refractivity contribution is 7.22. The van der Waals surface area contributed by atoms with Crippen LogP contribution in [0.25, 0.3) is 32.7 Å². The monoisotopic (exact) mass is 602 g/mol. The van der Waals surface area contributed by atoms with Crippen LogP contribution in [0.2, 0.25) is 0 Å². The first kappa shape index (κ1) is 29.4. The number of anilines is 1. The molecule has 12 heteroatoms. The summed E-state index contributed by atoms with van der Waals surface area (Å²) in [6.45, 7) is 3.13. The molecule has 0 saturated heterocycles. The lowest BCUT2D eigenvalue weighted by Crippen LogP contribution is -2.20. The van der Waals surface area contributed by atoms with Gasteiger partial charge in [-0.2, -0.15) is 9.78 Å². The molecule has 2 heterocycles. The highest BCUT2D eigenvalue weighted by Gasteiger charge is 2.20. The quantitative estimate of drug-likeness (QED) is 0.210. The number of hydrogen-bond acceptors (Lipinski definition) is 10. The molecule has 0 aliphatic heterocycles. The standard InChI is InChI=1S/C31H30N4O7S/c1-17-7-10-28-22(11-17)32-31(43-28)33-29(37)16-42-25-12-19(8-9-24(25)38-3)23-15-21(34-35(23)18(2)36)20-13-26(39-4)30(41-6)27(14-20)40-5/h7-15H,16H2,1-6H3,(H,32,33,37). The number of ether oxygens (including phenoxy) is 5. The number of nitrogens with zero attached hydrogens (tertiary/aromatic N) is 3. The number of thiazole rings is 1. The van der Waals surface area contributed by atoms with Crippen LogP contribution < -0.4 is 29.0 Å². The second kappa shape index (κ2) is 12.4. The van der Waals surface area contributed by atoms with Crippen molar-refractivity contribution < 1.29 is 33.3 Å². The van der Waals surface area contributed by atoms with Gasteiger partial charge in [0, 0.05) is 18.1 Å². The SMILES string of the molecule is COc1ccc(-c2cc(-c3cc(OC)c(OC)c(OC)c3)nn2C(C)=O)cc1OCC(=O)Nc1nc2cc(C)ccc2s1. The van der Waals surface area contributed by atoms with E-state index in [0.717, 1.165) is 15.8 Å². The third-order valence-corrected chi connectivity index (χ3v) is 7.53. The number of aromatic nitrogens is 3. The fourth-order valence-electron chi connectivity index (χ4n) is 4.54. The first-order valence-corrected chi connectivity index (χ1v) is 14.0. The highest BCUT2D eigenvalue weighted by atomic mass is 32.1. The van der Waals surface area contributed by atoms with Gasteiger partial charge in [0.05, 0.1) is 50.0 Å². The molecule has 222 valence electrons. The molecule has 43 heavy (non-hydrogen) atoms. The van der Waals surface area contributed by atoms with Crippen molar-refractivity contribution in [2.24, 2.45) is 0 Å². The zero-order valence-corrected chi connectivity index (χ0v) is 25.3. The molecule has 5 aromatic rings. The van der Waals surface area contributed by atoms with Crippen molar-refractivity contribution in [3.63, 3.8) is 0 Å². The fraction of sp³-hybridized carbons (Fsp3) is 0.226. The Labute approximate surface area is 251 Å². The molecule has 0 atom stereocenters. The second-order valence-electron chi connectivity index (χ2n) is 9.45. The minimum absolute atomic E-state index is 0.280. The van der Waals surface area contributed by atoms with Crippen LogP contribution in [-0.4, -0.2) is 61.6 Å². The summed E-state index contributed by atoms with van der Waals surface area (Å²) in [4.78, 5) is 29.9. The molecule has 11 nitrogen and oxygen atoms in total. The summed E-state index contributed by atoms with van der Waals surface area (Å²) in [7, 11) is 6.09. The minimum Gasteiger partial charge on any atom is -0.493 e. The normalized spacial score (nSPS) is 10.8. The Morgan fingerprint density at radius 3 is 2.19 bits per heavy atom. The van der Waals surface area contributed by atoms with Crippen LogP contribution >= 0.6 is 11.3 Å². The average Bonchev–Trinajstić information content (AvgIpc) is 3.63. The first-order chi connectivity index (χ1) is 20.7. The van der Waals surface area contributed by atoms with Gasteiger partial charge in [0.25, 0.3) is 5.91 Å². The van der Waals surface area contributed by atoms with E-state index in [1.807, 2.05) is 25.1 Å². The Bertz CT molecular complexity index is 1800. The van der Waals surface area contributed by atoms with Gasteiger partial charge in [-0.1, -0.05) is 17.4 Å². The lowest BCUT2D eigenvalue weighted by Gasteiger charge is -2.13. The van der Waals surface area contributed by atoms with E-state index in [-0.39, 0.29) is 18.4 Å². The van der Waals surface area contributed by atoms with Crippen LogP contribution in [0.5, 0.6) is 28.7 Å². The van der Waals surface area contributed by atoms with Crippen LogP contribution in [-0.2, 0) is 4.79 Å². The molecule has 2 aromatic heterocycles. The molecule has 5 rings (SSSR count). The fourth-order valence-corrected chi connectivity index (χ4v) is 5.40. The molecule has 0 aliphatic rings. The van der Waals surface area contributed by atoms with Crippen LogP contribution in [0.3, 0.4) is 0 Å². The maximum absolute atomic E-state index is 12.7. The number of nitrogens with one attached hydrogen (secondary N) is 1. The zero-order chi connectivity index (χ0) is 30.7. The van der Waals surface area contributed by atoms with E-state index in [4.69, 9.17) is 23.7 Å². The predicted octanol–water partition coefficient (Wildman–Crippen LogP) is 5.85. The van der Waals surface area contributed by atoms with Gasteiger partial charge in [-0.15, -0.1) is 0 Å². The van der Waals surface area contributed by atoms with Crippen molar-refractivity contribution in [2.75, 3.05) is 40.4 Å². The molecule has 0 aliphatic carbocycles. The Balaban J connectivity index is 1.42. The molecule has 3 aromatic carbocycles. The van der Waals surface area contributed by atoms with Gasteiger partial charge in [-0.25, -0.2) is 4.98 Å². The van der Waals surface area contributed by atoms with Crippen LogP contribution in [0.1, 0.15) is 17.3 Å². The molecule has 0 radical (unpaired) electrons. The van der Waals surface area contributed by atoms with Crippen molar-refractivity contribution in [1.29, 1.82) is 0 Å². The van der Waals surface area contributed by atoms with E-state index < -0.39 is 0 Å². The van der Waals surface area contributed by atoms with E-state index in [0.29, 0.717) is 56.4 Å². The summed E-state index contributed by atoms with van der Waals surface area (Å²) in [6, 6.07) is 16.4. The highest BCUT2D eigenvalue weighted by Crippen LogP contribution is 2.42. The van der Waals surface area contributed by atoms with Crippen molar-refractivity contribution in [2.45, 2.75) is 13.8 Å². The number of benzene rings is 3. The average molecular weight is 603 g/mol. The van der Waals surface area contributed by atoms with Crippen molar-refractivity contribution >= 4 is 38.5 Å². The van der Waals surface area contributed by atoms with Gasteiger partial charge < -0.3 is 23.7 Å². The van der Waals surface area contributed by atoms with Gasteiger partial charge in [0.2, 0.25) is 11.7 Å². The maximum atomic E-state index is 12.7. The summed E-state index contributed by atoms with van der Waals surface area (Å²) in [6.07, 6.45) is 0. The van der Waals surface area contributed by atoms with Gasteiger partial charge in [0.1, 0.15) is 0 Å². The molecule has 0 bridgehead atoms. The topological polar surface area (TPSA) is 123 Å². The van der Waals surface area contributed by atoms with Crippen molar-refractivity contribution in [3.05, 3.63) is 60.2 Å². The summed E-state index contributed by atoms with van der Waals surface area (Å²) >= 11 is 1.39. The van der Waals surface area contributed by atoms with Crippen LogP contribution in [0.15, 0.2) is 54.6 Å². The van der Waals surface area contributed by atoms with Crippen LogP contribution in [0.4, 0.5) is 5.13 Å². The molecule has 1 amide bonds. The minimum atomic E-state index is -0.373. The number of methoxy groups -OCH3 is 4. The zero-order valence-electron chi connectivity index (χ0n) is 24.5. The molecule has 1 N–H and O–H groups in total. The molecule has 0 spiro atoms. The summed E-state index contributed by atoms with van der Waals surface area (Å²) in [5.74, 6) is 1.43. The predicted molar refractivity (Wildman–Crippen MR) is 164 cm³/mol. The summed E-state index contributed by atoms with van der Waals surface area (Å²) < 4.78 is 30.0. The Kier molecular flexibility index (Phi) is 8.48. The third kappa shape index (κ3) is 6.09. The molecular weight excluding hydrogens is 572 g/mol. The van der Waals surface area contributed by atoms with Gasteiger partial charge in [-0.3, -0.25) is 14.9 Å². The Morgan fingerprint density at radius 1 is 0.837 bits per heavy atom. The first-order valence-electron chi connectivity index (χ1n) is 13.1.